The molecule has 0 atom stereocenters. The second kappa shape index (κ2) is 2.82. The molecule has 0 bridgehead atoms. The maximum absolute atomic E-state index is 10.6. The van der Waals surface area contributed by atoms with Gasteiger partial charge in [-0.25, -0.2) is 4.84 Å². The van der Waals surface area contributed by atoms with E-state index in [-0.39, 0.29) is 5.69 Å². The minimum absolute atomic E-state index is 0.0571. The van der Waals surface area contributed by atoms with E-state index in [4.69, 9.17) is 0 Å². The molecule has 0 amide bonds. The van der Waals surface area contributed by atoms with Crippen LogP contribution >= 0.6 is 0 Å². The fourth-order valence-electron chi connectivity index (χ4n) is 0.574. The maximum atomic E-state index is 10.6. The van der Waals surface area contributed by atoms with Gasteiger partial charge < -0.3 is 4.98 Å². The predicted octanol–water partition coefficient (Wildman–Crippen LogP) is 0.363. The van der Waals surface area contributed by atoms with Gasteiger partial charge in [0.15, 0.2) is 0 Å². The highest BCUT2D eigenvalue weighted by Crippen LogP contribution is 1.96. The number of hydrogen-bond acceptors (Lipinski definition) is 4. The summed E-state index contributed by atoms with van der Waals surface area (Å²) in [5.41, 5.74) is 0.0571. The van der Waals surface area contributed by atoms with E-state index in [1.54, 1.807) is 0 Å². The van der Waals surface area contributed by atoms with Crippen LogP contribution in [0.5, 0.6) is 0 Å². The Morgan fingerprint density at radius 1 is 1.73 bits per heavy atom. The summed E-state index contributed by atoms with van der Waals surface area (Å²) in [6.07, 6.45) is 1.47. The standard InChI is InChI=1S/C5H4N2O4/c8-5(11-7(9)10)4-2-1-3-6-4/h1-3,6H. The number of nitrogens with zero attached hydrogens (tertiary/aromatic N) is 1. The monoisotopic (exact) mass is 156 g/mol. The van der Waals surface area contributed by atoms with E-state index >= 15 is 0 Å². The Hall–Kier alpha value is -1.85. The molecule has 0 saturated carbocycles. The summed E-state index contributed by atoms with van der Waals surface area (Å²) in [6, 6.07) is 2.92. The van der Waals surface area contributed by atoms with E-state index in [2.05, 4.69) is 9.82 Å². The van der Waals surface area contributed by atoms with Gasteiger partial charge in [0.2, 0.25) is 0 Å². The smallest absolute Gasteiger partial charge is 0.350 e. The number of aromatic nitrogens is 1. The molecular weight excluding hydrogens is 152 g/mol. The Bertz CT molecular complexity index is 266. The lowest BCUT2D eigenvalue weighted by Gasteiger charge is -1.91. The van der Waals surface area contributed by atoms with Gasteiger partial charge in [0, 0.05) is 6.20 Å². The number of carbonyl (C=O) groups is 1. The van der Waals surface area contributed by atoms with Gasteiger partial charge in [-0.15, -0.1) is 10.1 Å². The van der Waals surface area contributed by atoms with E-state index in [0.29, 0.717) is 0 Å². The summed E-state index contributed by atoms with van der Waals surface area (Å²) in [7, 11) is 0. The first kappa shape index (κ1) is 7.26. The average Bonchev–Trinajstić information content (AvgIpc) is 2.35. The molecule has 1 heterocycles. The van der Waals surface area contributed by atoms with Crippen molar-refractivity contribution in [2.24, 2.45) is 0 Å². The van der Waals surface area contributed by atoms with Crippen LogP contribution < -0.4 is 0 Å². The highest BCUT2D eigenvalue weighted by Gasteiger charge is 2.09. The summed E-state index contributed by atoms with van der Waals surface area (Å²) < 4.78 is 0. The summed E-state index contributed by atoms with van der Waals surface area (Å²) in [4.78, 5) is 26.4. The third-order valence-corrected chi connectivity index (χ3v) is 0.975. The molecule has 6 nitrogen and oxygen atoms in total. The topological polar surface area (TPSA) is 85.2 Å². The summed E-state index contributed by atoms with van der Waals surface area (Å²) in [5, 5.41) is 8.50. The third kappa shape index (κ3) is 1.78. The van der Waals surface area contributed by atoms with E-state index in [1.165, 1.54) is 18.3 Å². The van der Waals surface area contributed by atoms with Gasteiger partial charge >= 0.3 is 11.1 Å². The molecule has 0 unspecified atom stereocenters. The Balaban J connectivity index is 2.64. The average molecular weight is 156 g/mol. The Labute approximate surface area is 60.9 Å². The fraction of sp³-hybridized carbons (Fsp3) is 0. The first-order chi connectivity index (χ1) is 5.20. The lowest BCUT2D eigenvalue weighted by atomic mass is 10.4. The first-order valence-electron chi connectivity index (χ1n) is 2.70. The SMILES string of the molecule is O=C(O[N+](=O)[O-])c1ccc[nH]1. The number of carbonyl (C=O) groups excluding carboxylic acids is 1. The van der Waals surface area contributed by atoms with Crippen LogP contribution in [0.3, 0.4) is 0 Å². The number of hydrogen-bond donors (Lipinski definition) is 1. The predicted molar refractivity (Wildman–Crippen MR) is 33.2 cm³/mol. The van der Waals surface area contributed by atoms with Gasteiger partial charge in [-0.2, -0.15) is 0 Å². The first-order valence-corrected chi connectivity index (χ1v) is 2.70. The number of rotatable bonds is 2. The van der Waals surface area contributed by atoms with Gasteiger partial charge in [-0.1, -0.05) is 0 Å². The van der Waals surface area contributed by atoms with Crippen molar-refractivity contribution < 1.29 is 14.7 Å². The molecule has 6 heteroatoms. The van der Waals surface area contributed by atoms with Crippen molar-refractivity contribution in [3.8, 4) is 0 Å². The zero-order valence-corrected chi connectivity index (χ0v) is 5.31. The zero-order chi connectivity index (χ0) is 8.27. The van der Waals surface area contributed by atoms with Crippen molar-refractivity contribution in [2.45, 2.75) is 0 Å². The molecule has 1 N–H and O–H groups in total. The van der Waals surface area contributed by atoms with Crippen molar-refractivity contribution in [3.05, 3.63) is 34.1 Å². The second-order valence-corrected chi connectivity index (χ2v) is 1.69. The molecule has 0 aliphatic carbocycles. The minimum atomic E-state index is -1.15. The van der Waals surface area contributed by atoms with Crippen LogP contribution in [0.1, 0.15) is 10.5 Å². The Morgan fingerprint density at radius 2 is 2.45 bits per heavy atom. The van der Waals surface area contributed by atoms with Crippen LogP contribution in [0.4, 0.5) is 0 Å². The van der Waals surface area contributed by atoms with Crippen LogP contribution in [0, 0.1) is 10.1 Å². The van der Waals surface area contributed by atoms with E-state index < -0.39 is 11.1 Å². The van der Waals surface area contributed by atoms with Crippen molar-refractivity contribution >= 4 is 5.97 Å². The van der Waals surface area contributed by atoms with E-state index in [9.17, 15) is 14.9 Å². The molecule has 0 aliphatic heterocycles. The van der Waals surface area contributed by atoms with Crippen LogP contribution in [0.2, 0.25) is 0 Å². The number of H-pyrrole nitrogens is 1. The minimum Gasteiger partial charge on any atom is -0.357 e. The normalized spacial score (nSPS) is 9.09. The number of nitrogens with one attached hydrogen (secondary N) is 1. The molecule has 0 fully saturated rings. The molecule has 1 aromatic rings. The molecule has 1 rings (SSSR count). The molecule has 0 aliphatic rings. The van der Waals surface area contributed by atoms with Gasteiger partial charge in [-0.05, 0) is 12.1 Å². The Morgan fingerprint density at radius 3 is 2.91 bits per heavy atom. The van der Waals surface area contributed by atoms with Gasteiger partial charge in [-0.3, -0.25) is 4.79 Å². The fourth-order valence-corrected chi connectivity index (χ4v) is 0.574. The summed E-state index contributed by atoms with van der Waals surface area (Å²) in [6.45, 7) is 0. The molecule has 0 aromatic carbocycles. The summed E-state index contributed by atoms with van der Waals surface area (Å²) in [5.74, 6) is -1.00. The van der Waals surface area contributed by atoms with Crippen molar-refractivity contribution in [1.29, 1.82) is 0 Å². The number of aromatic amines is 1. The lowest BCUT2D eigenvalue weighted by Crippen LogP contribution is -2.10. The molecule has 0 saturated heterocycles. The van der Waals surface area contributed by atoms with Crippen molar-refractivity contribution in [3.63, 3.8) is 0 Å². The van der Waals surface area contributed by atoms with Crippen LogP contribution in [-0.4, -0.2) is 16.0 Å². The zero-order valence-electron chi connectivity index (χ0n) is 5.31. The summed E-state index contributed by atoms with van der Waals surface area (Å²) >= 11 is 0. The van der Waals surface area contributed by atoms with Gasteiger partial charge in [0.25, 0.3) is 0 Å². The van der Waals surface area contributed by atoms with E-state index in [0.717, 1.165) is 0 Å². The van der Waals surface area contributed by atoms with Crippen LogP contribution in [0.15, 0.2) is 18.3 Å². The molecule has 1 aromatic heterocycles. The van der Waals surface area contributed by atoms with Crippen molar-refractivity contribution in [1.82, 2.24) is 4.98 Å². The highest BCUT2D eigenvalue weighted by molar-refractivity contribution is 5.86. The quantitative estimate of drug-likeness (QED) is 0.494. The van der Waals surface area contributed by atoms with Gasteiger partial charge in [0.1, 0.15) is 5.69 Å². The maximum Gasteiger partial charge on any atom is 0.350 e. The molecule has 0 radical (unpaired) electrons. The largest absolute Gasteiger partial charge is 0.357 e. The third-order valence-electron chi connectivity index (χ3n) is 0.975. The van der Waals surface area contributed by atoms with Crippen LogP contribution in [0.25, 0.3) is 0 Å². The lowest BCUT2D eigenvalue weighted by molar-refractivity contribution is -0.727. The Kier molecular flexibility index (Phi) is 1.86. The van der Waals surface area contributed by atoms with Crippen molar-refractivity contribution in [2.75, 3.05) is 0 Å². The van der Waals surface area contributed by atoms with Crippen LogP contribution in [-0.2, 0) is 4.84 Å². The second-order valence-electron chi connectivity index (χ2n) is 1.69. The molecule has 11 heavy (non-hydrogen) atoms. The molecule has 58 valence electrons. The molecular formula is C5H4N2O4. The van der Waals surface area contributed by atoms with E-state index in [1.807, 2.05) is 0 Å². The molecule has 0 spiro atoms. The van der Waals surface area contributed by atoms with Gasteiger partial charge in [0.05, 0.1) is 0 Å². The highest BCUT2D eigenvalue weighted by atomic mass is 17.0.